The lowest BCUT2D eigenvalue weighted by atomic mass is 10.2. The molecule has 0 fully saturated rings. The number of anilines is 1. The van der Waals surface area contributed by atoms with Crippen LogP contribution in [0.25, 0.3) is 0 Å². The maximum Gasteiger partial charge on any atom is 0.246 e. The van der Waals surface area contributed by atoms with Crippen LogP contribution in [0, 0.1) is 13.8 Å². The summed E-state index contributed by atoms with van der Waals surface area (Å²) in [6.45, 7) is 4.05. The normalized spacial score (nSPS) is 10.4. The van der Waals surface area contributed by atoms with Gasteiger partial charge >= 0.3 is 0 Å². The fourth-order valence-corrected chi connectivity index (χ4v) is 1.79. The minimum absolute atomic E-state index is 0.122. The molecule has 0 saturated carbocycles. The number of carbonyl (C=O) groups is 1. The number of carbonyl (C=O) groups excluding carboxylic acids is 1. The molecule has 0 saturated heterocycles. The van der Waals surface area contributed by atoms with Crippen LogP contribution in [0.1, 0.15) is 11.1 Å². The molecule has 4 nitrogen and oxygen atoms in total. The average Bonchev–Trinajstić information content (AvgIpc) is 2.69. The smallest absolute Gasteiger partial charge is 0.246 e. The van der Waals surface area contributed by atoms with E-state index in [4.69, 9.17) is 11.6 Å². The second-order valence-electron chi connectivity index (χ2n) is 4.22. The maximum absolute atomic E-state index is 11.8. The molecule has 1 N–H and O–H groups in total. The molecular weight excluding hydrogens is 250 g/mol. The number of hydrogen-bond acceptors (Lipinski definition) is 2. The van der Waals surface area contributed by atoms with Gasteiger partial charge < -0.3 is 5.32 Å². The molecule has 0 spiro atoms. The zero-order valence-electron chi connectivity index (χ0n) is 10.3. The van der Waals surface area contributed by atoms with Crippen molar-refractivity contribution < 1.29 is 4.79 Å². The molecule has 0 atom stereocenters. The second-order valence-corrected chi connectivity index (χ2v) is 4.66. The van der Waals surface area contributed by atoms with E-state index in [1.54, 1.807) is 23.0 Å². The van der Waals surface area contributed by atoms with Crippen LogP contribution in [0.2, 0.25) is 5.02 Å². The quantitative estimate of drug-likeness (QED) is 0.926. The van der Waals surface area contributed by atoms with Gasteiger partial charge in [0.25, 0.3) is 0 Å². The highest BCUT2D eigenvalue weighted by Gasteiger charge is 2.06. The Bertz CT molecular complexity index is 577. The van der Waals surface area contributed by atoms with Crippen molar-refractivity contribution in [1.82, 2.24) is 9.78 Å². The molecule has 0 bridgehead atoms. The van der Waals surface area contributed by atoms with Gasteiger partial charge in [-0.1, -0.05) is 17.7 Å². The van der Waals surface area contributed by atoms with Gasteiger partial charge in [-0.2, -0.15) is 5.10 Å². The van der Waals surface area contributed by atoms with Crippen LogP contribution in [0.15, 0.2) is 30.6 Å². The Kier molecular flexibility index (Phi) is 3.67. The minimum Gasteiger partial charge on any atom is -0.324 e. The van der Waals surface area contributed by atoms with Crippen molar-refractivity contribution in [2.75, 3.05) is 5.32 Å². The number of rotatable bonds is 3. The zero-order valence-corrected chi connectivity index (χ0v) is 11.0. The Morgan fingerprint density at radius 3 is 2.89 bits per heavy atom. The maximum atomic E-state index is 11.8. The molecule has 1 heterocycles. The highest BCUT2D eigenvalue weighted by molar-refractivity contribution is 6.31. The Morgan fingerprint density at radius 2 is 2.22 bits per heavy atom. The van der Waals surface area contributed by atoms with E-state index in [0.29, 0.717) is 5.02 Å². The predicted octanol–water partition coefficient (Wildman–Crippen LogP) is 2.79. The highest BCUT2D eigenvalue weighted by Crippen LogP contribution is 2.20. The molecule has 0 aliphatic heterocycles. The first-order valence-corrected chi connectivity index (χ1v) is 5.97. The van der Waals surface area contributed by atoms with Gasteiger partial charge in [-0.15, -0.1) is 0 Å². The Hall–Kier alpha value is -1.81. The molecule has 94 valence electrons. The van der Waals surface area contributed by atoms with Crippen LogP contribution in [-0.4, -0.2) is 15.7 Å². The van der Waals surface area contributed by atoms with Gasteiger partial charge in [0.05, 0.1) is 6.20 Å². The summed E-state index contributed by atoms with van der Waals surface area (Å²) in [5.74, 6) is -0.122. The first kappa shape index (κ1) is 12.6. The SMILES string of the molecule is Cc1cnn(CC(=O)Nc2cc(Cl)ccc2C)c1. The Morgan fingerprint density at radius 1 is 1.44 bits per heavy atom. The third-order valence-electron chi connectivity index (χ3n) is 2.54. The van der Waals surface area contributed by atoms with E-state index in [0.717, 1.165) is 16.8 Å². The summed E-state index contributed by atoms with van der Waals surface area (Å²) in [5.41, 5.74) is 2.74. The summed E-state index contributed by atoms with van der Waals surface area (Å²) in [7, 11) is 0. The molecule has 5 heteroatoms. The van der Waals surface area contributed by atoms with Gasteiger partial charge in [0.2, 0.25) is 5.91 Å². The second kappa shape index (κ2) is 5.23. The predicted molar refractivity (Wildman–Crippen MR) is 71.8 cm³/mol. The van der Waals surface area contributed by atoms with Crippen LogP contribution in [0.4, 0.5) is 5.69 Å². The lowest BCUT2D eigenvalue weighted by molar-refractivity contribution is -0.116. The third-order valence-corrected chi connectivity index (χ3v) is 2.78. The van der Waals surface area contributed by atoms with E-state index in [-0.39, 0.29) is 12.5 Å². The van der Waals surface area contributed by atoms with Crippen molar-refractivity contribution in [2.24, 2.45) is 0 Å². The number of nitrogens with one attached hydrogen (secondary N) is 1. The van der Waals surface area contributed by atoms with Crippen LogP contribution in [0.3, 0.4) is 0 Å². The fraction of sp³-hybridized carbons (Fsp3) is 0.231. The van der Waals surface area contributed by atoms with Gasteiger partial charge in [-0.3, -0.25) is 9.48 Å². The molecule has 1 amide bonds. The number of benzene rings is 1. The summed E-state index contributed by atoms with van der Waals surface area (Å²) in [6, 6.07) is 5.41. The number of hydrogen-bond donors (Lipinski definition) is 1. The first-order valence-electron chi connectivity index (χ1n) is 5.59. The highest BCUT2D eigenvalue weighted by atomic mass is 35.5. The molecule has 0 aliphatic rings. The summed E-state index contributed by atoms with van der Waals surface area (Å²) < 4.78 is 1.60. The first-order chi connectivity index (χ1) is 8.54. The van der Waals surface area contributed by atoms with Crippen molar-refractivity contribution >= 4 is 23.2 Å². The summed E-state index contributed by atoms with van der Waals surface area (Å²) in [4.78, 5) is 11.8. The Balaban J connectivity index is 2.05. The van der Waals surface area contributed by atoms with Gasteiger partial charge in [0.1, 0.15) is 6.54 Å². The molecule has 18 heavy (non-hydrogen) atoms. The molecular formula is C13H14ClN3O. The van der Waals surface area contributed by atoms with Gasteiger partial charge in [-0.25, -0.2) is 0 Å². The van der Waals surface area contributed by atoms with Gasteiger partial charge in [-0.05, 0) is 37.1 Å². The number of halogens is 1. The van der Waals surface area contributed by atoms with Crippen LogP contribution < -0.4 is 5.32 Å². The van der Waals surface area contributed by atoms with E-state index >= 15 is 0 Å². The van der Waals surface area contributed by atoms with Gasteiger partial charge in [0.15, 0.2) is 0 Å². The largest absolute Gasteiger partial charge is 0.324 e. The van der Waals surface area contributed by atoms with Crippen molar-refractivity contribution in [3.05, 3.63) is 46.7 Å². The van der Waals surface area contributed by atoms with Crippen molar-refractivity contribution in [3.63, 3.8) is 0 Å². The van der Waals surface area contributed by atoms with E-state index in [9.17, 15) is 4.79 Å². The van der Waals surface area contributed by atoms with Crippen LogP contribution >= 0.6 is 11.6 Å². The van der Waals surface area contributed by atoms with Gasteiger partial charge in [0, 0.05) is 16.9 Å². The zero-order chi connectivity index (χ0) is 13.1. The lowest BCUT2D eigenvalue weighted by Gasteiger charge is -2.08. The Labute approximate surface area is 111 Å². The van der Waals surface area contributed by atoms with E-state index < -0.39 is 0 Å². The monoisotopic (exact) mass is 263 g/mol. The number of aryl methyl sites for hydroxylation is 2. The lowest BCUT2D eigenvalue weighted by Crippen LogP contribution is -2.19. The molecule has 0 radical (unpaired) electrons. The molecule has 2 aromatic rings. The number of nitrogens with zero attached hydrogens (tertiary/aromatic N) is 2. The summed E-state index contributed by atoms with van der Waals surface area (Å²) in [5, 5.41) is 7.49. The molecule has 0 aliphatic carbocycles. The molecule has 2 rings (SSSR count). The molecule has 1 aromatic carbocycles. The standard InChI is InChI=1S/C13H14ClN3O/c1-9-6-15-17(7-9)8-13(18)16-12-5-11(14)4-3-10(12)2/h3-7H,8H2,1-2H3,(H,16,18). The van der Waals surface area contributed by atoms with Crippen molar-refractivity contribution in [3.8, 4) is 0 Å². The van der Waals surface area contributed by atoms with Crippen molar-refractivity contribution in [1.29, 1.82) is 0 Å². The van der Waals surface area contributed by atoms with E-state index in [2.05, 4.69) is 10.4 Å². The summed E-state index contributed by atoms with van der Waals surface area (Å²) in [6.07, 6.45) is 3.54. The fourth-order valence-electron chi connectivity index (χ4n) is 1.62. The number of aromatic nitrogens is 2. The van der Waals surface area contributed by atoms with Crippen LogP contribution in [0.5, 0.6) is 0 Å². The third kappa shape index (κ3) is 3.11. The molecule has 1 aromatic heterocycles. The number of amides is 1. The van der Waals surface area contributed by atoms with E-state index in [1.165, 1.54) is 0 Å². The van der Waals surface area contributed by atoms with Crippen LogP contribution in [-0.2, 0) is 11.3 Å². The average molecular weight is 264 g/mol. The topological polar surface area (TPSA) is 46.9 Å². The summed E-state index contributed by atoms with van der Waals surface area (Å²) >= 11 is 5.89. The molecule has 0 unspecified atom stereocenters. The van der Waals surface area contributed by atoms with E-state index in [1.807, 2.05) is 26.1 Å². The minimum atomic E-state index is -0.122. The van der Waals surface area contributed by atoms with Crippen molar-refractivity contribution in [2.45, 2.75) is 20.4 Å².